The molecule has 2 N–H and O–H groups in total. The second kappa shape index (κ2) is 10.7. The Balaban J connectivity index is 1.69. The summed E-state index contributed by atoms with van der Waals surface area (Å²) in [6.07, 6.45) is 0.577. The second-order valence-corrected chi connectivity index (χ2v) is 8.71. The molecule has 4 nitrogen and oxygen atoms in total. The molecule has 2 amide bonds. The molecule has 1 atom stereocenters. The molecular weight excluding hydrogens is 458 g/mol. The number of anilines is 2. The molecule has 0 saturated carbocycles. The zero-order valence-corrected chi connectivity index (χ0v) is 18.8. The fourth-order valence-corrected chi connectivity index (χ4v) is 4.25. The fourth-order valence-electron chi connectivity index (χ4n) is 2.78. The number of rotatable bonds is 7. The quantitative estimate of drug-likeness (QED) is 0.364. The number of halogens is 3. The molecule has 0 aliphatic rings. The average Bonchev–Trinajstić information content (AvgIpc) is 2.74. The van der Waals surface area contributed by atoms with Gasteiger partial charge in [0.05, 0.1) is 21.5 Å². The molecule has 0 aliphatic carbocycles. The molecule has 0 heterocycles. The van der Waals surface area contributed by atoms with Gasteiger partial charge in [0.25, 0.3) is 5.91 Å². The van der Waals surface area contributed by atoms with Crippen LogP contribution in [0.25, 0.3) is 0 Å². The third-order valence-corrected chi connectivity index (χ3v) is 6.25. The summed E-state index contributed by atoms with van der Waals surface area (Å²) in [5.41, 5.74) is 0.960. The monoisotopic (exact) mass is 476 g/mol. The number of amides is 2. The Hall–Kier alpha value is -2.54. The number of carbonyl (C=O) groups excluding carboxylic acids is 2. The van der Waals surface area contributed by atoms with Gasteiger partial charge < -0.3 is 10.6 Å². The minimum absolute atomic E-state index is 0.0359. The molecule has 0 fully saturated rings. The number of nitrogens with one attached hydrogen (secondary N) is 2. The predicted octanol–water partition coefficient (Wildman–Crippen LogP) is 6.89. The average molecular weight is 477 g/mol. The van der Waals surface area contributed by atoms with E-state index in [1.807, 2.05) is 13.0 Å². The van der Waals surface area contributed by atoms with Gasteiger partial charge in [-0.3, -0.25) is 9.59 Å². The topological polar surface area (TPSA) is 58.2 Å². The van der Waals surface area contributed by atoms with E-state index in [0.29, 0.717) is 27.8 Å². The van der Waals surface area contributed by atoms with Gasteiger partial charge >= 0.3 is 0 Å². The van der Waals surface area contributed by atoms with Gasteiger partial charge in [-0.1, -0.05) is 48.3 Å². The summed E-state index contributed by atoms with van der Waals surface area (Å²) in [5, 5.41) is 5.97. The van der Waals surface area contributed by atoms with Crippen molar-refractivity contribution < 1.29 is 14.0 Å². The number of hydrogen-bond donors (Lipinski definition) is 2. The lowest BCUT2D eigenvalue weighted by Crippen LogP contribution is -2.24. The van der Waals surface area contributed by atoms with Crippen molar-refractivity contribution in [3.63, 3.8) is 0 Å². The van der Waals surface area contributed by atoms with E-state index in [2.05, 4.69) is 10.6 Å². The van der Waals surface area contributed by atoms with Crippen LogP contribution in [0, 0.1) is 5.82 Å². The molecule has 31 heavy (non-hydrogen) atoms. The van der Waals surface area contributed by atoms with Crippen LogP contribution < -0.4 is 10.6 Å². The smallest absolute Gasteiger partial charge is 0.258 e. The zero-order chi connectivity index (χ0) is 22.4. The van der Waals surface area contributed by atoms with Crippen LogP contribution in [0.1, 0.15) is 23.7 Å². The molecule has 0 saturated heterocycles. The summed E-state index contributed by atoms with van der Waals surface area (Å²) in [4.78, 5) is 25.9. The lowest BCUT2D eigenvalue weighted by molar-refractivity contribution is -0.115. The van der Waals surface area contributed by atoms with Crippen molar-refractivity contribution in [3.8, 4) is 0 Å². The van der Waals surface area contributed by atoms with Crippen LogP contribution in [0.5, 0.6) is 0 Å². The minimum atomic E-state index is -0.589. The van der Waals surface area contributed by atoms with Gasteiger partial charge in [0.1, 0.15) is 5.82 Å². The summed E-state index contributed by atoms with van der Waals surface area (Å²) in [6, 6.07) is 17.7. The Bertz CT molecular complexity index is 1110. The highest BCUT2D eigenvalue weighted by Crippen LogP contribution is 2.30. The highest BCUT2D eigenvalue weighted by Gasteiger charge is 2.19. The van der Waals surface area contributed by atoms with E-state index in [4.69, 9.17) is 23.2 Å². The van der Waals surface area contributed by atoms with E-state index < -0.39 is 11.7 Å². The molecule has 0 spiro atoms. The van der Waals surface area contributed by atoms with Crippen molar-refractivity contribution in [2.45, 2.75) is 23.5 Å². The molecule has 1 unspecified atom stereocenters. The molecule has 3 aromatic rings. The van der Waals surface area contributed by atoms with E-state index >= 15 is 0 Å². The Morgan fingerprint density at radius 3 is 2.48 bits per heavy atom. The molecule has 3 rings (SSSR count). The number of carbonyl (C=O) groups is 2. The van der Waals surface area contributed by atoms with Crippen molar-refractivity contribution in [2.75, 3.05) is 10.6 Å². The Morgan fingerprint density at radius 2 is 1.77 bits per heavy atom. The second-order valence-electron chi connectivity index (χ2n) is 6.59. The summed E-state index contributed by atoms with van der Waals surface area (Å²) < 4.78 is 13.8. The van der Waals surface area contributed by atoms with Gasteiger partial charge in [-0.25, -0.2) is 4.39 Å². The third kappa shape index (κ3) is 6.23. The van der Waals surface area contributed by atoms with Crippen LogP contribution in [-0.4, -0.2) is 17.1 Å². The van der Waals surface area contributed by atoms with Crippen molar-refractivity contribution in [1.29, 1.82) is 0 Å². The van der Waals surface area contributed by atoms with Crippen LogP contribution in [0.4, 0.5) is 15.8 Å². The van der Waals surface area contributed by atoms with Gasteiger partial charge in [-0.05, 0) is 55.0 Å². The standard InChI is InChI=1S/C23H19Cl2FN2O2S/c1-2-21(23(30)28-20-11-10-14(24)12-18(20)25)31-16-7-5-6-15(13-16)27-22(29)17-8-3-4-9-19(17)26/h3-13,21H,2H2,1H3,(H,27,29)(H,28,30). The van der Waals surface area contributed by atoms with Gasteiger partial charge in [-0.15, -0.1) is 11.8 Å². The molecule has 0 bridgehead atoms. The SMILES string of the molecule is CCC(Sc1cccc(NC(=O)c2ccccc2F)c1)C(=O)Nc1ccc(Cl)cc1Cl. The van der Waals surface area contributed by atoms with E-state index in [9.17, 15) is 14.0 Å². The number of thioether (sulfide) groups is 1. The molecule has 0 aromatic heterocycles. The largest absolute Gasteiger partial charge is 0.324 e. The first-order chi connectivity index (χ1) is 14.9. The first kappa shape index (κ1) is 23.1. The molecular formula is C23H19Cl2FN2O2S. The van der Waals surface area contributed by atoms with E-state index in [-0.39, 0.29) is 16.7 Å². The van der Waals surface area contributed by atoms with Crippen LogP contribution >= 0.6 is 35.0 Å². The van der Waals surface area contributed by atoms with Crippen LogP contribution in [0.15, 0.2) is 71.6 Å². The fraction of sp³-hybridized carbons (Fsp3) is 0.130. The molecule has 8 heteroatoms. The van der Waals surface area contributed by atoms with E-state index in [0.717, 1.165) is 4.90 Å². The van der Waals surface area contributed by atoms with E-state index in [1.54, 1.807) is 42.5 Å². The highest BCUT2D eigenvalue weighted by molar-refractivity contribution is 8.00. The minimum Gasteiger partial charge on any atom is -0.324 e. The van der Waals surface area contributed by atoms with Crippen molar-refractivity contribution in [1.82, 2.24) is 0 Å². The van der Waals surface area contributed by atoms with Gasteiger partial charge in [-0.2, -0.15) is 0 Å². The molecule has 0 radical (unpaired) electrons. The molecule has 160 valence electrons. The first-order valence-corrected chi connectivity index (χ1v) is 11.1. The van der Waals surface area contributed by atoms with Gasteiger partial charge in [0.2, 0.25) is 5.91 Å². The van der Waals surface area contributed by atoms with Gasteiger partial charge in [0, 0.05) is 15.6 Å². The van der Waals surface area contributed by atoms with Crippen LogP contribution in [-0.2, 0) is 4.79 Å². The summed E-state index contributed by atoms with van der Waals surface area (Å²) in [7, 11) is 0. The molecule has 0 aliphatic heterocycles. The maximum Gasteiger partial charge on any atom is 0.258 e. The first-order valence-electron chi connectivity index (χ1n) is 9.46. The van der Waals surface area contributed by atoms with Crippen molar-refractivity contribution >= 4 is 58.2 Å². The number of benzene rings is 3. The lowest BCUT2D eigenvalue weighted by Gasteiger charge is -2.16. The molecule has 3 aromatic carbocycles. The summed E-state index contributed by atoms with van der Waals surface area (Å²) in [6.45, 7) is 1.91. The summed E-state index contributed by atoms with van der Waals surface area (Å²) in [5.74, 6) is -1.32. The summed E-state index contributed by atoms with van der Waals surface area (Å²) >= 11 is 13.4. The number of hydrogen-bond acceptors (Lipinski definition) is 3. The zero-order valence-electron chi connectivity index (χ0n) is 16.5. The van der Waals surface area contributed by atoms with Crippen LogP contribution in [0.2, 0.25) is 10.0 Å². The van der Waals surface area contributed by atoms with Crippen molar-refractivity contribution in [2.24, 2.45) is 0 Å². The maximum atomic E-state index is 13.8. The van der Waals surface area contributed by atoms with Gasteiger partial charge in [0.15, 0.2) is 0 Å². The van der Waals surface area contributed by atoms with Crippen molar-refractivity contribution in [3.05, 3.63) is 88.2 Å². The Morgan fingerprint density at radius 1 is 1.00 bits per heavy atom. The highest BCUT2D eigenvalue weighted by atomic mass is 35.5. The Labute approximate surface area is 194 Å². The lowest BCUT2D eigenvalue weighted by atomic mass is 10.2. The normalized spacial score (nSPS) is 11.6. The van der Waals surface area contributed by atoms with E-state index in [1.165, 1.54) is 30.0 Å². The van der Waals surface area contributed by atoms with Crippen LogP contribution in [0.3, 0.4) is 0 Å². The predicted molar refractivity (Wildman–Crippen MR) is 126 cm³/mol. The third-order valence-electron chi connectivity index (χ3n) is 4.34. The Kier molecular flexibility index (Phi) is 7.96. The maximum absolute atomic E-state index is 13.8.